The van der Waals surface area contributed by atoms with Gasteiger partial charge >= 0.3 is 0 Å². The lowest BCUT2D eigenvalue weighted by molar-refractivity contribution is -0.133. The number of carbonyl (C=O) groups excluding carboxylic acids is 1. The number of nitrogens with one attached hydrogen (secondary N) is 1. The number of carbonyl (C=O) groups is 1. The monoisotopic (exact) mass is 463 g/mol. The number of anilines is 1. The number of hydrogen-bond donors (Lipinski definition) is 1. The molecule has 3 aromatic carbocycles. The Balaban J connectivity index is 1.16. The molecule has 5 rings (SSSR count). The molecule has 1 amide bonds. The fourth-order valence-corrected chi connectivity index (χ4v) is 4.15. The van der Waals surface area contributed by atoms with Crippen LogP contribution in [0.3, 0.4) is 0 Å². The molecular formula is C28H25N5O2. The van der Waals surface area contributed by atoms with Crippen molar-refractivity contribution in [1.82, 2.24) is 14.9 Å². The molecule has 0 saturated carbocycles. The maximum absolute atomic E-state index is 12.6. The van der Waals surface area contributed by atoms with Crippen LogP contribution in [0.5, 0.6) is 5.75 Å². The molecule has 0 spiro atoms. The number of imidazole rings is 1. The summed E-state index contributed by atoms with van der Waals surface area (Å²) in [6.45, 7) is 2.98. The predicted octanol–water partition coefficient (Wildman–Crippen LogP) is 4.35. The third kappa shape index (κ3) is 5.17. The van der Waals surface area contributed by atoms with Crippen LogP contribution in [0.2, 0.25) is 0 Å². The number of nitriles is 1. The molecule has 4 aromatic rings. The Morgan fingerprint density at radius 2 is 1.69 bits per heavy atom. The Hall–Kier alpha value is -4.57. The van der Waals surface area contributed by atoms with Crippen LogP contribution in [0, 0.1) is 11.3 Å². The Morgan fingerprint density at radius 3 is 2.40 bits per heavy atom. The summed E-state index contributed by atoms with van der Waals surface area (Å²) < 4.78 is 5.73. The molecule has 1 aromatic heterocycles. The third-order valence-corrected chi connectivity index (χ3v) is 6.07. The highest BCUT2D eigenvalue weighted by molar-refractivity contribution is 5.90. The number of benzene rings is 3. The minimum absolute atomic E-state index is 0.00293. The van der Waals surface area contributed by atoms with Crippen molar-refractivity contribution in [3.63, 3.8) is 0 Å². The van der Waals surface area contributed by atoms with E-state index in [4.69, 9.17) is 4.74 Å². The van der Waals surface area contributed by atoms with Gasteiger partial charge in [-0.25, -0.2) is 4.98 Å². The van der Waals surface area contributed by atoms with Crippen molar-refractivity contribution in [2.75, 3.05) is 37.7 Å². The van der Waals surface area contributed by atoms with Crippen molar-refractivity contribution < 1.29 is 9.53 Å². The molecule has 0 radical (unpaired) electrons. The van der Waals surface area contributed by atoms with Crippen LogP contribution in [0.1, 0.15) is 11.4 Å². The van der Waals surface area contributed by atoms with Gasteiger partial charge in [-0.1, -0.05) is 42.5 Å². The van der Waals surface area contributed by atoms with Gasteiger partial charge in [0, 0.05) is 31.9 Å². The van der Waals surface area contributed by atoms with Crippen molar-refractivity contribution in [2.24, 2.45) is 0 Å². The van der Waals surface area contributed by atoms with Crippen molar-refractivity contribution in [3.8, 4) is 11.8 Å². The molecule has 2 heterocycles. The van der Waals surface area contributed by atoms with E-state index in [-0.39, 0.29) is 12.5 Å². The van der Waals surface area contributed by atoms with Gasteiger partial charge in [0.25, 0.3) is 5.91 Å². The lowest BCUT2D eigenvalue weighted by atomic mass is 10.1. The number of allylic oxidation sites excluding steroid dienone is 1. The van der Waals surface area contributed by atoms with E-state index in [2.05, 4.69) is 33.1 Å². The van der Waals surface area contributed by atoms with Crippen LogP contribution < -0.4 is 9.64 Å². The molecular weight excluding hydrogens is 438 g/mol. The molecule has 0 unspecified atom stereocenters. The molecule has 0 aliphatic carbocycles. The van der Waals surface area contributed by atoms with E-state index >= 15 is 0 Å². The number of nitrogens with zero attached hydrogens (tertiary/aromatic N) is 4. The zero-order chi connectivity index (χ0) is 24.0. The minimum atomic E-state index is -0.0154. The summed E-state index contributed by atoms with van der Waals surface area (Å²) in [6.07, 6.45) is 1.78. The van der Waals surface area contributed by atoms with Gasteiger partial charge in [0.15, 0.2) is 6.61 Å². The van der Waals surface area contributed by atoms with Gasteiger partial charge in [-0.3, -0.25) is 4.79 Å². The second kappa shape index (κ2) is 10.1. The van der Waals surface area contributed by atoms with Gasteiger partial charge in [-0.05, 0) is 48.0 Å². The summed E-state index contributed by atoms with van der Waals surface area (Å²) in [5, 5.41) is 9.62. The fourth-order valence-electron chi connectivity index (χ4n) is 4.15. The van der Waals surface area contributed by atoms with E-state index in [0.717, 1.165) is 29.7 Å². The number of H-pyrrole nitrogens is 1. The van der Waals surface area contributed by atoms with Gasteiger partial charge in [0.1, 0.15) is 17.6 Å². The summed E-state index contributed by atoms with van der Waals surface area (Å²) in [5.74, 6) is 1.13. The summed E-state index contributed by atoms with van der Waals surface area (Å²) in [7, 11) is 0. The van der Waals surface area contributed by atoms with Gasteiger partial charge in [0.05, 0.1) is 16.6 Å². The van der Waals surface area contributed by atoms with Crippen LogP contribution >= 0.6 is 0 Å². The number of ether oxygens (including phenoxy) is 1. The molecule has 1 N–H and O–H groups in total. The molecule has 35 heavy (non-hydrogen) atoms. The summed E-state index contributed by atoms with van der Waals surface area (Å²) in [5.41, 5.74) is 4.18. The van der Waals surface area contributed by atoms with Crippen LogP contribution in [0.4, 0.5) is 5.69 Å². The van der Waals surface area contributed by atoms with E-state index in [1.165, 1.54) is 5.69 Å². The average molecular weight is 464 g/mol. The Kier molecular flexibility index (Phi) is 6.44. The number of aromatic amines is 1. The molecule has 1 fully saturated rings. The zero-order valence-corrected chi connectivity index (χ0v) is 19.2. The molecule has 0 atom stereocenters. The predicted molar refractivity (Wildman–Crippen MR) is 137 cm³/mol. The molecule has 174 valence electrons. The molecule has 1 saturated heterocycles. The van der Waals surface area contributed by atoms with Crippen molar-refractivity contribution in [3.05, 3.63) is 90.3 Å². The van der Waals surface area contributed by atoms with Crippen molar-refractivity contribution in [1.29, 1.82) is 5.26 Å². The highest BCUT2D eigenvalue weighted by atomic mass is 16.5. The van der Waals surface area contributed by atoms with E-state index in [9.17, 15) is 10.1 Å². The fraction of sp³-hybridized carbons (Fsp3) is 0.179. The third-order valence-electron chi connectivity index (χ3n) is 6.07. The molecule has 0 bridgehead atoms. The maximum Gasteiger partial charge on any atom is 0.260 e. The van der Waals surface area contributed by atoms with E-state index in [1.807, 2.05) is 59.5 Å². The Bertz CT molecular complexity index is 1350. The molecule has 7 heteroatoms. The Labute approximate surface area is 203 Å². The second-order valence-corrected chi connectivity index (χ2v) is 8.33. The van der Waals surface area contributed by atoms with E-state index in [0.29, 0.717) is 30.2 Å². The topological polar surface area (TPSA) is 85.2 Å². The number of hydrogen-bond acceptors (Lipinski definition) is 5. The smallest absolute Gasteiger partial charge is 0.260 e. The molecule has 1 aliphatic heterocycles. The van der Waals surface area contributed by atoms with Crippen LogP contribution in [0.25, 0.3) is 22.7 Å². The first-order chi connectivity index (χ1) is 17.2. The summed E-state index contributed by atoms with van der Waals surface area (Å²) in [4.78, 5) is 24.4. The lowest BCUT2D eigenvalue weighted by Crippen LogP contribution is -2.50. The normalized spacial score (nSPS) is 14.1. The van der Waals surface area contributed by atoms with E-state index in [1.54, 1.807) is 18.2 Å². The summed E-state index contributed by atoms with van der Waals surface area (Å²) in [6, 6.07) is 27.5. The highest BCUT2D eigenvalue weighted by Crippen LogP contribution is 2.21. The summed E-state index contributed by atoms with van der Waals surface area (Å²) >= 11 is 0. The first-order valence-corrected chi connectivity index (χ1v) is 11.6. The quantitative estimate of drug-likeness (QED) is 0.430. The van der Waals surface area contributed by atoms with E-state index < -0.39 is 0 Å². The Morgan fingerprint density at radius 1 is 0.971 bits per heavy atom. The first-order valence-electron chi connectivity index (χ1n) is 11.6. The van der Waals surface area contributed by atoms with Crippen LogP contribution in [0.15, 0.2) is 78.9 Å². The van der Waals surface area contributed by atoms with Crippen LogP contribution in [-0.4, -0.2) is 53.6 Å². The molecule has 7 nitrogen and oxygen atoms in total. The van der Waals surface area contributed by atoms with Gasteiger partial charge in [-0.2, -0.15) is 5.26 Å². The number of rotatable bonds is 6. The lowest BCUT2D eigenvalue weighted by Gasteiger charge is -2.36. The van der Waals surface area contributed by atoms with Gasteiger partial charge < -0.3 is 19.5 Å². The van der Waals surface area contributed by atoms with Crippen molar-refractivity contribution >= 4 is 34.3 Å². The standard InChI is InChI=1S/C28H25N5O2/c29-19-22(28-30-25-8-4-5-9-26(25)31-28)18-21-10-12-24(13-11-21)35-20-27(34)33-16-14-32(15-17-33)23-6-2-1-3-7-23/h1-13,18H,14-17,20H2,(H,30,31). The van der Waals surface area contributed by atoms with Gasteiger partial charge in [-0.15, -0.1) is 0 Å². The van der Waals surface area contributed by atoms with Crippen LogP contribution in [-0.2, 0) is 4.79 Å². The number of fused-ring (bicyclic) bond motifs is 1. The van der Waals surface area contributed by atoms with Crippen molar-refractivity contribution in [2.45, 2.75) is 0 Å². The molecule has 1 aliphatic rings. The SMILES string of the molecule is N#CC(=Cc1ccc(OCC(=O)N2CCN(c3ccccc3)CC2)cc1)c1nc2ccccc2[nH]1. The number of amides is 1. The average Bonchev–Trinajstić information content (AvgIpc) is 3.36. The number of aromatic nitrogens is 2. The zero-order valence-electron chi connectivity index (χ0n) is 19.2. The maximum atomic E-state index is 12.6. The largest absolute Gasteiger partial charge is 0.484 e. The number of para-hydroxylation sites is 3. The highest BCUT2D eigenvalue weighted by Gasteiger charge is 2.21. The number of piperazine rings is 1. The minimum Gasteiger partial charge on any atom is -0.484 e. The second-order valence-electron chi connectivity index (χ2n) is 8.33. The first kappa shape index (κ1) is 22.2. The van der Waals surface area contributed by atoms with Gasteiger partial charge in [0.2, 0.25) is 0 Å².